The molecule has 0 radical (unpaired) electrons. The molecule has 2 aromatic carbocycles. The molecule has 0 atom stereocenters. The number of carbonyl (C=O) groups is 1. The third-order valence-corrected chi connectivity index (χ3v) is 4.39. The zero-order valence-corrected chi connectivity index (χ0v) is 15.5. The molecule has 3 nitrogen and oxygen atoms in total. The Morgan fingerprint density at radius 3 is 2.59 bits per heavy atom. The van der Waals surface area contributed by atoms with Crippen LogP contribution in [-0.2, 0) is 4.79 Å². The highest BCUT2D eigenvalue weighted by Crippen LogP contribution is 2.32. The topological polar surface area (TPSA) is 46.5 Å². The Morgan fingerprint density at radius 1 is 1.07 bits per heavy atom. The van der Waals surface area contributed by atoms with Gasteiger partial charge in [0, 0.05) is 11.6 Å². The molecule has 3 heteroatoms. The maximum absolute atomic E-state index is 10.6. The van der Waals surface area contributed by atoms with Gasteiger partial charge in [-0.25, -0.2) is 4.79 Å². The minimum absolute atomic E-state index is 0.526. The number of benzene rings is 2. The summed E-state index contributed by atoms with van der Waals surface area (Å²) in [4.78, 5) is 10.6. The molecule has 0 fully saturated rings. The summed E-state index contributed by atoms with van der Waals surface area (Å²) >= 11 is 0. The molecule has 0 amide bonds. The van der Waals surface area contributed by atoms with Gasteiger partial charge in [0.25, 0.3) is 0 Å². The number of hydrogen-bond acceptors (Lipinski definition) is 2. The molecule has 2 aromatic rings. The second-order valence-electron chi connectivity index (χ2n) is 6.51. The molecule has 136 valence electrons. The molecule has 1 N–H and O–H groups in total. The van der Waals surface area contributed by atoms with E-state index in [0.717, 1.165) is 28.0 Å². The van der Waals surface area contributed by atoms with Crippen molar-refractivity contribution in [1.82, 2.24) is 0 Å². The van der Waals surface area contributed by atoms with Crippen LogP contribution in [0, 0.1) is 0 Å². The molecular weight excluding hydrogens is 336 g/mol. The zero-order valence-electron chi connectivity index (χ0n) is 15.5. The van der Waals surface area contributed by atoms with Gasteiger partial charge in [-0.2, -0.15) is 0 Å². The zero-order chi connectivity index (χ0) is 19.2. The summed E-state index contributed by atoms with van der Waals surface area (Å²) in [5.74, 6) is -0.0472. The number of fused-ring (bicyclic) bond motifs is 1. The van der Waals surface area contributed by atoms with Crippen molar-refractivity contribution in [3.8, 4) is 16.9 Å². The first-order chi connectivity index (χ1) is 13.0. The summed E-state index contributed by atoms with van der Waals surface area (Å²) in [6.45, 7) is 4.32. The number of hydrogen-bond donors (Lipinski definition) is 1. The van der Waals surface area contributed by atoms with Gasteiger partial charge in [0.1, 0.15) is 12.4 Å². The number of allylic oxidation sites excluding steroid dienone is 4. The second kappa shape index (κ2) is 8.37. The van der Waals surface area contributed by atoms with Crippen molar-refractivity contribution in [2.75, 3.05) is 6.61 Å². The summed E-state index contributed by atoms with van der Waals surface area (Å²) in [5.41, 5.74) is 6.29. The van der Waals surface area contributed by atoms with E-state index in [2.05, 4.69) is 30.3 Å². The fourth-order valence-corrected chi connectivity index (χ4v) is 2.91. The van der Waals surface area contributed by atoms with Gasteiger partial charge < -0.3 is 9.84 Å². The van der Waals surface area contributed by atoms with Crippen LogP contribution in [0.2, 0.25) is 0 Å². The second-order valence-corrected chi connectivity index (χ2v) is 6.51. The Balaban J connectivity index is 1.83. The van der Waals surface area contributed by atoms with E-state index in [9.17, 15) is 4.79 Å². The lowest BCUT2D eigenvalue weighted by Crippen LogP contribution is -2.08. The molecule has 0 aromatic heterocycles. The third-order valence-electron chi connectivity index (χ3n) is 4.39. The number of ether oxygens (including phenoxy) is 1. The van der Waals surface area contributed by atoms with Crippen molar-refractivity contribution in [1.29, 1.82) is 0 Å². The quantitative estimate of drug-likeness (QED) is 0.554. The Kier molecular flexibility index (Phi) is 5.72. The van der Waals surface area contributed by atoms with Crippen molar-refractivity contribution in [3.05, 3.63) is 95.1 Å². The Morgan fingerprint density at radius 2 is 1.85 bits per heavy atom. The van der Waals surface area contributed by atoms with E-state index in [-0.39, 0.29) is 0 Å². The molecule has 1 heterocycles. The standard InChI is InChI=1S/C24H22O3/c1-17(13-24(25)26)7-6-8-18(2)22-15-21-14-20(11-12-23(21)27-16-22)19-9-4-3-5-10-19/h3-15H,16H2,1-2H3,(H,25,26)/b7-6+,17-13+,18-8-. The summed E-state index contributed by atoms with van der Waals surface area (Å²) in [7, 11) is 0. The van der Waals surface area contributed by atoms with Gasteiger partial charge in [-0.05, 0) is 59.9 Å². The maximum atomic E-state index is 10.6. The summed E-state index contributed by atoms with van der Waals surface area (Å²) in [5, 5.41) is 8.74. The van der Waals surface area contributed by atoms with E-state index in [1.807, 2.05) is 43.3 Å². The van der Waals surface area contributed by atoms with Crippen molar-refractivity contribution in [3.63, 3.8) is 0 Å². The van der Waals surface area contributed by atoms with Crippen LogP contribution in [0.5, 0.6) is 5.75 Å². The maximum Gasteiger partial charge on any atom is 0.328 e. The lowest BCUT2D eigenvalue weighted by molar-refractivity contribution is -0.131. The van der Waals surface area contributed by atoms with Crippen LogP contribution in [0.3, 0.4) is 0 Å². The number of carboxylic acid groups (broad SMARTS) is 1. The Hall–Kier alpha value is -3.33. The van der Waals surface area contributed by atoms with Crippen LogP contribution in [0.15, 0.2) is 89.6 Å². The van der Waals surface area contributed by atoms with Crippen molar-refractivity contribution >= 4 is 12.0 Å². The van der Waals surface area contributed by atoms with Crippen LogP contribution in [-0.4, -0.2) is 17.7 Å². The predicted molar refractivity (Wildman–Crippen MR) is 110 cm³/mol. The third kappa shape index (κ3) is 4.85. The first-order valence-electron chi connectivity index (χ1n) is 8.82. The van der Waals surface area contributed by atoms with Gasteiger partial charge in [-0.1, -0.05) is 54.6 Å². The predicted octanol–water partition coefficient (Wildman–Crippen LogP) is 5.66. The molecule has 0 bridgehead atoms. The van der Waals surface area contributed by atoms with Gasteiger partial charge in [0.2, 0.25) is 0 Å². The van der Waals surface area contributed by atoms with E-state index in [4.69, 9.17) is 9.84 Å². The lowest BCUT2D eigenvalue weighted by atomic mass is 9.97. The molecule has 3 rings (SSSR count). The van der Waals surface area contributed by atoms with E-state index in [1.54, 1.807) is 13.0 Å². The molecule has 0 spiro atoms. The lowest BCUT2D eigenvalue weighted by Gasteiger charge is -2.19. The van der Waals surface area contributed by atoms with Crippen LogP contribution >= 0.6 is 0 Å². The van der Waals surface area contributed by atoms with Crippen molar-refractivity contribution in [2.45, 2.75) is 13.8 Å². The largest absolute Gasteiger partial charge is 0.488 e. The summed E-state index contributed by atoms with van der Waals surface area (Å²) in [6, 6.07) is 16.5. The molecular formula is C24H22O3. The van der Waals surface area contributed by atoms with Gasteiger partial charge in [0.15, 0.2) is 0 Å². The van der Waals surface area contributed by atoms with Gasteiger partial charge in [-0.3, -0.25) is 0 Å². The first kappa shape index (κ1) is 18.5. The fourth-order valence-electron chi connectivity index (χ4n) is 2.91. The number of carboxylic acids is 1. The Bertz CT molecular complexity index is 960. The number of aliphatic carboxylic acids is 1. The highest BCUT2D eigenvalue weighted by atomic mass is 16.5. The monoisotopic (exact) mass is 358 g/mol. The van der Waals surface area contributed by atoms with Crippen LogP contribution in [0.4, 0.5) is 0 Å². The number of rotatable bonds is 5. The first-order valence-corrected chi connectivity index (χ1v) is 8.82. The molecule has 0 aliphatic carbocycles. The minimum Gasteiger partial charge on any atom is -0.488 e. The van der Waals surface area contributed by atoms with Crippen LogP contribution in [0.25, 0.3) is 17.2 Å². The smallest absolute Gasteiger partial charge is 0.328 e. The Labute approximate surface area is 159 Å². The van der Waals surface area contributed by atoms with Gasteiger partial charge in [0.05, 0.1) is 0 Å². The molecule has 0 unspecified atom stereocenters. The molecule has 0 saturated carbocycles. The average molecular weight is 358 g/mol. The highest BCUT2D eigenvalue weighted by molar-refractivity contribution is 5.81. The normalized spacial score (nSPS) is 14.5. The fraction of sp³-hybridized carbons (Fsp3) is 0.125. The van der Waals surface area contributed by atoms with E-state index in [1.165, 1.54) is 11.6 Å². The van der Waals surface area contributed by atoms with E-state index in [0.29, 0.717) is 12.2 Å². The molecule has 1 aliphatic heterocycles. The van der Waals surface area contributed by atoms with Crippen molar-refractivity contribution < 1.29 is 14.6 Å². The summed E-state index contributed by atoms with van der Waals surface area (Å²) in [6.07, 6.45) is 8.96. The molecule has 0 saturated heterocycles. The van der Waals surface area contributed by atoms with Gasteiger partial charge in [-0.15, -0.1) is 0 Å². The van der Waals surface area contributed by atoms with Crippen LogP contribution < -0.4 is 4.74 Å². The molecule has 27 heavy (non-hydrogen) atoms. The van der Waals surface area contributed by atoms with E-state index < -0.39 is 5.97 Å². The molecule has 1 aliphatic rings. The minimum atomic E-state index is -0.938. The SMILES string of the molecule is C/C(=C/C=C/C(C)=C/C(=O)O)C1=Cc2cc(-c3ccccc3)ccc2OC1. The van der Waals surface area contributed by atoms with Gasteiger partial charge >= 0.3 is 5.97 Å². The average Bonchev–Trinajstić information content (AvgIpc) is 2.67. The van der Waals surface area contributed by atoms with Crippen molar-refractivity contribution in [2.24, 2.45) is 0 Å². The van der Waals surface area contributed by atoms with E-state index >= 15 is 0 Å². The van der Waals surface area contributed by atoms with Crippen LogP contribution in [0.1, 0.15) is 19.4 Å². The summed E-state index contributed by atoms with van der Waals surface area (Å²) < 4.78 is 5.91. The highest BCUT2D eigenvalue weighted by Gasteiger charge is 2.13.